The van der Waals surface area contributed by atoms with Crippen molar-refractivity contribution in [1.29, 1.82) is 0 Å². The third-order valence-corrected chi connectivity index (χ3v) is 3.68. The van der Waals surface area contributed by atoms with Crippen molar-refractivity contribution in [3.8, 4) is 5.75 Å². The quantitative estimate of drug-likeness (QED) is 0.426. The number of halogens is 7. The van der Waals surface area contributed by atoms with Crippen molar-refractivity contribution < 1.29 is 35.9 Å². The molecule has 0 bridgehead atoms. The molecule has 120 valence electrons. The lowest BCUT2D eigenvalue weighted by molar-refractivity contribution is -0.141. The number of aromatic amines is 1. The number of carbonyl (C=O) groups excluding carboxylic acids is 1. The number of alkyl halides is 6. The Morgan fingerprint density at radius 3 is 2.23 bits per heavy atom. The van der Waals surface area contributed by atoms with Gasteiger partial charge in [-0.05, 0) is 34.7 Å². The van der Waals surface area contributed by atoms with Crippen LogP contribution < -0.4 is 4.74 Å². The van der Waals surface area contributed by atoms with Crippen LogP contribution in [0.25, 0.3) is 10.9 Å². The van der Waals surface area contributed by atoms with E-state index in [4.69, 9.17) is 4.74 Å². The van der Waals surface area contributed by atoms with Gasteiger partial charge in [0.05, 0.1) is 16.2 Å². The fourth-order valence-corrected chi connectivity index (χ4v) is 2.63. The first-order valence-electron chi connectivity index (χ1n) is 5.54. The molecule has 1 heterocycles. The third kappa shape index (κ3) is 2.88. The van der Waals surface area contributed by atoms with Crippen LogP contribution in [0.5, 0.6) is 5.75 Å². The smallest absolute Gasteiger partial charge is 0.454 e. The van der Waals surface area contributed by atoms with Gasteiger partial charge in [-0.2, -0.15) is 26.3 Å². The maximum atomic E-state index is 12.9. The average Bonchev–Trinajstić information content (AvgIpc) is 2.73. The number of ether oxygens (including phenoxy) is 1. The van der Waals surface area contributed by atoms with E-state index in [9.17, 15) is 31.1 Å². The molecule has 0 radical (unpaired) electrons. The molecule has 0 unspecified atom stereocenters. The molecule has 22 heavy (non-hydrogen) atoms. The largest absolute Gasteiger partial charge is 0.496 e. The maximum Gasteiger partial charge on any atom is 0.454 e. The van der Waals surface area contributed by atoms with E-state index in [0.717, 1.165) is 6.07 Å². The molecule has 0 amide bonds. The Balaban J connectivity index is 2.87. The van der Waals surface area contributed by atoms with Crippen LogP contribution in [0.1, 0.15) is 16.1 Å². The Hall–Kier alpha value is -1.46. The summed E-state index contributed by atoms with van der Waals surface area (Å²) in [6, 6.07) is 2.15. The monoisotopic (exact) mass is 437 g/mol. The van der Waals surface area contributed by atoms with Gasteiger partial charge in [0.1, 0.15) is 11.4 Å². The fourth-order valence-electron chi connectivity index (χ4n) is 1.94. The van der Waals surface area contributed by atoms with Crippen molar-refractivity contribution in [2.75, 3.05) is 7.11 Å². The van der Waals surface area contributed by atoms with Crippen LogP contribution in [0.4, 0.5) is 26.3 Å². The van der Waals surface area contributed by atoms with Crippen LogP contribution in [0.2, 0.25) is 0 Å². The summed E-state index contributed by atoms with van der Waals surface area (Å²) in [5.74, 6) is -2.49. The number of carbonyl (C=O) groups is 1. The average molecular weight is 437 g/mol. The fraction of sp³-hybridized carbons (Fsp3) is 0.250. The van der Waals surface area contributed by atoms with Crippen LogP contribution in [0.15, 0.2) is 12.1 Å². The van der Waals surface area contributed by atoms with Crippen molar-refractivity contribution in [1.82, 2.24) is 4.98 Å². The summed E-state index contributed by atoms with van der Waals surface area (Å²) >= 11 is 1.75. The molecule has 1 N–H and O–H groups in total. The van der Waals surface area contributed by atoms with Crippen molar-refractivity contribution in [3.63, 3.8) is 0 Å². The lowest BCUT2D eigenvalue weighted by Crippen LogP contribution is -2.25. The first kappa shape index (κ1) is 16.9. The summed E-state index contributed by atoms with van der Waals surface area (Å²) in [7, 11) is 1.21. The number of hydrogen-bond donors (Lipinski definition) is 1. The molecule has 0 atom stereocenters. The van der Waals surface area contributed by atoms with Gasteiger partial charge in [-0.25, -0.2) is 0 Å². The number of H-pyrrole nitrogens is 1. The molecular weight excluding hydrogens is 431 g/mol. The minimum atomic E-state index is -5.43. The highest BCUT2D eigenvalue weighted by molar-refractivity contribution is 14.1. The Morgan fingerprint density at radius 1 is 1.18 bits per heavy atom. The number of Topliss-reactive ketones (excluding diaryl/α,β-unsaturated/α-hetero) is 1. The minimum Gasteiger partial charge on any atom is -0.496 e. The molecule has 0 saturated carbocycles. The Bertz CT molecular complexity index is 747. The van der Waals surface area contributed by atoms with E-state index in [0.29, 0.717) is 3.57 Å². The second-order valence-corrected chi connectivity index (χ2v) is 5.39. The van der Waals surface area contributed by atoms with Crippen LogP contribution in [-0.4, -0.2) is 24.1 Å². The molecule has 3 nitrogen and oxygen atoms in total. The zero-order valence-corrected chi connectivity index (χ0v) is 12.8. The Kier molecular flexibility index (Phi) is 4.09. The molecule has 0 fully saturated rings. The van der Waals surface area contributed by atoms with Gasteiger partial charge in [0, 0.05) is 10.9 Å². The number of hydrogen-bond acceptors (Lipinski definition) is 2. The molecule has 0 aliphatic heterocycles. The predicted octanol–water partition coefficient (Wildman–Crippen LogP) is 4.54. The van der Waals surface area contributed by atoms with E-state index < -0.39 is 34.8 Å². The van der Waals surface area contributed by atoms with E-state index in [1.165, 1.54) is 13.2 Å². The number of fused-ring (bicyclic) bond motifs is 1. The summed E-state index contributed by atoms with van der Waals surface area (Å²) in [6.45, 7) is 0. The normalized spacial score (nSPS) is 12.7. The lowest BCUT2D eigenvalue weighted by Gasteiger charge is -2.09. The van der Waals surface area contributed by atoms with Crippen molar-refractivity contribution >= 4 is 39.3 Å². The molecule has 0 aliphatic carbocycles. The second kappa shape index (κ2) is 5.32. The highest BCUT2D eigenvalue weighted by Gasteiger charge is 2.47. The zero-order chi connectivity index (χ0) is 16.9. The van der Waals surface area contributed by atoms with Gasteiger partial charge in [0.25, 0.3) is 5.78 Å². The van der Waals surface area contributed by atoms with E-state index in [-0.39, 0.29) is 11.3 Å². The molecular formula is C12H6F6INO2. The van der Waals surface area contributed by atoms with Crippen molar-refractivity contribution in [2.45, 2.75) is 12.4 Å². The van der Waals surface area contributed by atoms with E-state index in [1.54, 1.807) is 22.6 Å². The van der Waals surface area contributed by atoms with E-state index in [2.05, 4.69) is 0 Å². The number of nitrogens with one attached hydrogen (secondary N) is 1. The molecule has 0 aliphatic rings. The van der Waals surface area contributed by atoms with Gasteiger partial charge in [0.2, 0.25) is 0 Å². The molecule has 0 saturated heterocycles. The standard InChI is InChI=1S/C12H6F6INO2/c1-22-7-2-4-6(3-5(7)19)20-9(11(13,14)15)8(4)10(21)12(16,17)18/h2-3,20H,1H3. The van der Waals surface area contributed by atoms with Crippen molar-refractivity contribution in [2.24, 2.45) is 0 Å². The molecule has 1 aromatic heterocycles. The van der Waals surface area contributed by atoms with E-state index in [1.807, 2.05) is 4.98 Å². The number of rotatable bonds is 2. The summed E-state index contributed by atoms with van der Waals surface area (Å²) in [5, 5.41) is -0.494. The molecule has 10 heteroatoms. The van der Waals surface area contributed by atoms with Crippen LogP contribution in [0, 0.1) is 3.57 Å². The first-order valence-corrected chi connectivity index (χ1v) is 6.62. The molecule has 2 rings (SSSR count). The Morgan fingerprint density at radius 2 is 1.77 bits per heavy atom. The topological polar surface area (TPSA) is 42.1 Å². The zero-order valence-electron chi connectivity index (χ0n) is 10.6. The number of methoxy groups -OCH3 is 1. The van der Waals surface area contributed by atoms with Crippen LogP contribution >= 0.6 is 22.6 Å². The summed E-state index contributed by atoms with van der Waals surface area (Å²) in [6.07, 6.45) is -10.6. The molecule has 1 aromatic carbocycles. The van der Waals surface area contributed by atoms with Gasteiger partial charge in [-0.3, -0.25) is 4.79 Å². The highest BCUT2D eigenvalue weighted by atomic mass is 127. The van der Waals surface area contributed by atoms with Crippen LogP contribution in [-0.2, 0) is 6.18 Å². The number of aromatic nitrogens is 1. The third-order valence-electron chi connectivity index (χ3n) is 2.84. The van der Waals surface area contributed by atoms with E-state index >= 15 is 0 Å². The SMILES string of the molecule is COc1cc2c(C(=O)C(F)(F)F)c(C(F)(F)F)[nH]c2cc1I. The number of benzene rings is 1. The van der Waals surface area contributed by atoms with Gasteiger partial charge in [0.15, 0.2) is 0 Å². The van der Waals surface area contributed by atoms with Crippen molar-refractivity contribution in [3.05, 3.63) is 27.0 Å². The Labute approximate surface area is 132 Å². The van der Waals surface area contributed by atoms with Gasteiger partial charge in [-0.15, -0.1) is 0 Å². The van der Waals surface area contributed by atoms with Gasteiger partial charge in [-0.1, -0.05) is 0 Å². The minimum absolute atomic E-state index is 0.0667. The highest BCUT2D eigenvalue weighted by Crippen LogP contribution is 2.40. The summed E-state index contributed by atoms with van der Waals surface area (Å²) in [5.41, 5.74) is -3.41. The maximum absolute atomic E-state index is 12.9. The number of ketones is 1. The summed E-state index contributed by atoms with van der Waals surface area (Å²) in [4.78, 5) is 13.2. The van der Waals surface area contributed by atoms with Gasteiger partial charge < -0.3 is 9.72 Å². The van der Waals surface area contributed by atoms with Crippen LogP contribution in [0.3, 0.4) is 0 Å². The van der Waals surface area contributed by atoms with Gasteiger partial charge >= 0.3 is 12.4 Å². The lowest BCUT2D eigenvalue weighted by atomic mass is 10.1. The molecule has 0 spiro atoms. The first-order chi connectivity index (χ1) is 9.96. The molecule has 2 aromatic rings. The predicted molar refractivity (Wildman–Crippen MR) is 73.0 cm³/mol. The summed E-state index contributed by atoms with van der Waals surface area (Å²) < 4.78 is 81.9. The second-order valence-electron chi connectivity index (χ2n) is 4.23.